The molecule has 0 aromatic heterocycles. The first-order valence-electron chi connectivity index (χ1n) is 7.49. The number of rotatable bonds is 7. The number of ether oxygens (including phenoxy) is 2. The van der Waals surface area contributed by atoms with Crippen molar-refractivity contribution in [1.29, 1.82) is 5.41 Å². The van der Waals surface area contributed by atoms with Crippen LogP contribution < -0.4 is 10.5 Å². The van der Waals surface area contributed by atoms with E-state index in [4.69, 9.17) is 20.6 Å². The van der Waals surface area contributed by atoms with Crippen molar-refractivity contribution < 1.29 is 9.47 Å². The molecule has 2 rings (SSSR count). The van der Waals surface area contributed by atoms with Crippen molar-refractivity contribution in [2.24, 2.45) is 5.73 Å². The summed E-state index contributed by atoms with van der Waals surface area (Å²) in [6.07, 6.45) is 2.67. The maximum atomic E-state index is 7.65. The lowest BCUT2D eigenvalue weighted by Crippen LogP contribution is -2.31. The molecule has 5 heteroatoms. The van der Waals surface area contributed by atoms with Crippen LogP contribution in [0.2, 0.25) is 0 Å². The van der Waals surface area contributed by atoms with E-state index in [1.807, 2.05) is 18.2 Å². The van der Waals surface area contributed by atoms with Gasteiger partial charge in [-0.1, -0.05) is 13.0 Å². The van der Waals surface area contributed by atoms with Crippen molar-refractivity contribution in [1.82, 2.24) is 4.90 Å². The van der Waals surface area contributed by atoms with E-state index < -0.39 is 0 Å². The lowest BCUT2D eigenvalue weighted by molar-refractivity contribution is 0.0725. The second kappa shape index (κ2) is 7.43. The predicted octanol–water partition coefficient (Wildman–Crippen LogP) is 1.98. The molecule has 0 radical (unpaired) electrons. The van der Waals surface area contributed by atoms with E-state index in [1.54, 1.807) is 7.11 Å². The van der Waals surface area contributed by atoms with Crippen molar-refractivity contribution in [3.05, 3.63) is 29.3 Å². The standard InChI is InChI=1S/C16H25N3O2/c1-3-19(11-13-5-4-8-21-13)10-12-6-7-15(20-2)14(9-12)16(17)18/h6-7,9,13H,3-5,8,10-11H2,1-2H3,(H3,17,18). The molecule has 0 saturated carbocycles. The average Bonchev–Trinajstić information content (AvgIpc) is 2.99. The Kier molecular flexibility index (Phi) is 5.59. The summed E-state index contributed by atoms with van der Waals surface area (Å²) in [6, 6.07) is 5.86. The smallest absolute Gasteiger partial charge is 0.129 e. The van der Waals surface area contributed by atoms with Gasteiger partial charge in [0, 0.05) is 19.7 Å². The second-order valence-corrected chi connectivity index (χ2v) is 5.41. The molecule has 1 aliphatic rings. The Hall–Kier alpha value is -1.59. The quantitative estimate of drug-likeness (QED) is 0.595. The van der Waals surface area contributed by atoms with Gasteiger partial charge < -0.3 is 15.2 Å². The van der Waals surface area contributed by atoms with Gasteiger partial charge in [0.1, 0.15) is 11.6 Å². The highest BCUT2D eigenvalue weighted by molar-refractivity contribution is 5.97. The van der Waals surface area contributed by atoms with E-state index in [0.29, 0.717) is 17.4 Å². The number of nitrogens with two attached hydrogens (primary N) is 1. The zero-order chi connectivity index (χ0) is 15.2. The molecular weight excluding hydrogens is 266 g/mol. The largest absolute Gasteiger partial charge is 0.496 e. The highest BCUT2D eigenvalue weighted by Gasteiger charge is 2.19. The number of hydrogen-bond acceptors (Lipinski definition) is 4. The van der Waals surface area contributed by atoms with E-state index in [9.17, 15) is 0 Å². The number of nitrogens with one attached hydrogen (secondary N) is 1. The molecule has 1 saturated heterocycles. The topological polar surface area (TPSA) is 71.6 Å². The normalized spacial score (nSPS) is 18.1. The van der Waals surface area contributed by atoms with Crippen molar-refractivity contribution in [3.63, 3.8) is 0 Å². The summed E-state index contributed by atoms with van der Waals surface area (Å²) in [5.41, 5.74) is 7.42. The molecule has 3 N–H and O–H groups in total. The number of nitrogens with zero attached hydrogens (tertiary/aromatic N) is 1. The lowest BCUT2D eigenvalue weighted by atomic mass is 10.1. The van der Waals surface area contributed by atoms with Crippen LogP contribution in [0.5, 0.6) is 5.75 Å². The van der Waals surface area contributed by atoms with E-state index in [2.05, 4.69) is 11.8 Å². The zero-order valence-corrected chi connectivity index (χ0v) is 12.9. The summed E-state index contributed by atoms with van der Waals surface area (Å²) in [6.45, 7) is 5.81. The number of hydrogen-bond donors (Lipinski definition) is 2. The number of likely N-dealkylation sites (N-methyl/N-ethyl adjacent to an activating group) is 1. The van der Waals surface area contributed by atoms with Gasteiger partial charge in [-0.3, -0.25) is 10.3 Å². The van der Waals surface area contributed by atoms with Crippen molar-refractivity contribution in [2.45, 2.75) is 32.4 Å². The molecule has 5 nitrogen and oxygen atoms in total. The molecule has 116 valence electrons. The summed E-state index contributed by atoms with van der Waals surface area (Å²) >= 11 is 0. The van der Waals surface area contributed by atoms with E-state index >= 15 is 0 Å². The Balaban J connectivity index is 2.06. The minimum Gasteiger partial charge on any atom is -0.496 e. The molecule has 0 bridgehead atoms. The minimum atomic E-state index is 0.0378. The van der Waals surface area contributed by atoms with Crippen LogP contribution in [-0.2, 0) is 11.3 Å². The lowest BCUT2D eigenvalue weighted by Gasteiger charge is -2.24. The fourth-order valence-corrected chi connectivity index (χ4v) is 2.70. The van der Waals surface area contributed by atoms with Gasteiger partial charge >= 0.3 is 0 Å². The number of methoxy groups -OCH3 is 1. The van der Waals surface area contributed by atoms with Crippen LogP contribution >= 0.6 is 0 Å². The third-order valence-corrected chi connectivity index (χ3v) is 3.89. The van der Waals surface area contributed by atoms with Gasteiger partial charge in [-0.05, 0) is 37.1 Å². The summed E-state index contributed by atoms with van der Waals surface area (Å²) in [5.74, 6) is 0.685. The first kappa shape index (κ1) is 15.8. The average molecular weight is 291 g/mol. The molecule has 1 aromatic carbocycles. The van der Waals surface area contributed by atoms with Crippen LogP contribution in [0.25, 0.3) is 0 Å². The highest BCUT2D eigenvalue weighted by atomic mass is 16.5. The van der Waals surface area contributed by atoms with Gasteiger partial charge in [0.25, 0.3) is 0 Å². The number of benzene rings is 1. The maximum absolute atomic E-state index is 7.65. The summed E-state index contributed by atoms with van der Waals surface area (Å²) in [4.78, 5) is 2.36. The third kappa shape index (κ3) is 4.19. The Morgan fingerprint density at radius 2 is 2.33 bits per heavy atom. The van der Waals surface area contributed by atoms with Crippen LogP contribution in [0.1, 0.15) is 30.9 Å². The summed E-state index contributed by atoms with van der Waals surface area (Å²) in [5, 5.41) is 7.65. The van der Waals surface area contributed by atoms with Gasteiger partial charge in [0.05, 0.1) is 18.8 Å². The Labute approximate surface area is 126 Å². The van der Waals surface area contributed by atoms with Gasteiger partial charge in [-0.2, -0.15) is 0 Å². The fourth-order valence-electron chi connectivity index (χ4n) is 2.70. The third-order valence-electron chi connectivity index (χ3n) is 3.89. The van der Waals surface area contributed by atoms with Crippen LogP contribution in [0.4, 0.5) is 0 Å². The van der Waals surface area contributed by atoms with Gasteiger partial charge in [0.2, 0.25) is 0 Å². The predicted molar refractivity (Wildman–Crippen MR) is 83.9 cm³/mol. The van der Waals surface area contributed by atoms with E-state index in [-0.39, 0.29) is 5.84 Å². The van der Waals surface area contributed by atoms with Gasteiger partial charge in [-0.15, -0.1) is 0 Å². The Morgan fingerprint density at radius 3 is 2.90 bits per heavy atom. The molecule has 0 amide bonds. The maximum Gasteiger partial charge on any atom is 0.129 e. The Bertz CT molecular complexity index is 484. The molecule has 1 atom stereocenters. The molecule has 1 unspecified atom stereocenters. The van der Waals surface area contributed by atoms with Gasteiger partial charge in [0.15, 0.2) is 0 Å². The van der Waals surface area contributed by atoms with Crippen molar-refractivity contribution >= 4 is 5.84 Å². The van der Waals surface area contributed by atoms with E-state index in [1.165, 1.54) is 6.42 Å². The van der Waals surface area contributed by atoms with Crippen molar-refractivity contribution in [3.8, 4) is 5.75 Å². The molecule has 1 fully saturated rings. The number of nitrogen functional groups attached to an aromatic ring is 1. The minimum absolute atomic E-state index is 0.0378. The summed E-state index contributed by atoms with van der Waals surface area (Å²) in [7, 11) is 1.59. The molecule has 1 aliphatic heterocycles. The van der Waals surface area contributed by atoms with Crippen LogP contribution in [0.3, 0.4) is 0 Å². The van der Waals surface area contributed by atoms with Crippen LogP contribution in [0.15, 0.2) is 18.2 Å². The molecule has 0 spiro atoms. The van der Waals surface area contributed by atoms with Gasteiger partial charge in [-0.25, -0.2) is 0 Å². The first-order valence-corrected chi connectivity index (χ1v) is 7.49. The first-order chi connectivity index (χ1) is 10.1. The SMILES string of the molecule is CCN(Cc1ccc(OC)c(C(=N)N)c1)CC1CCCO1. The molecule has 1 aromatic rings. The van der Waals surface area contributed by atoms with E-state index in [0.717, 1.165) is 38.2 Å². The van der Waals surface area contributed by atoms with Crippen molar-refractivity contribution in [2.75, 3.05) is 26.8 Å². The second-order valence-electron chi connectivity index (χ2n) is 5.41. The summed E-state index contributed by atoms with van der Waals surface area (Å²) < 4.78 is 11.0. The van der Waals surface area contributed by atoms with Crippen LogP contribution in [-0.4, -0.2) is 43.6 Å². The fraction of sp³-hybridized carbons (Fsp3) is 0.562. The monoisotopic (exact) mass is 291 g/mol. The molecule has 0 aliphatic carbocycles. The highest BCUT2D eigenvalue weighted by Crippen LogP contribution is 2.21. The van der Waals surface area contributed by atoms with Crippen LogP contribution in [0, 0.1) is 5.41 Å². The Morgan fingerprint density at radius 1 is 1.52 bits per heavy atom. The molecule has 21 heavy (non-hydrogen) atoms. The zero-order valence-electron chi connectivity index (χ0n) is 12.9. The molecular formula is C16H25N3O2. The molecule has 1 heterocycles. The number of amidine groups is 1.